The van der Waals surface area contributed by atoms with Crippen LogP contribution in [-0.2, 0) is 4.79 Å². The molecular weight excluding hydrogens is 410 g/mol. The summed E-state index contributed by atoms with van der Waals surface area (Å²) in [4.78, 5) is 20.9. The van der Waals surface area contributed by atoms with Crippen LogP contribution in [0, 0.1) is 6.92 Å². The van der Waals surface area contributed by atoms with Crippen molar-refractivity contribution in [2.75, 3.05) is 19.0 Å². The highest BCUT2D eigenvalue weighted by molar-refractivity contribution is 5.91. The first-order chi connectivity index (χ1) is 15.6. The third kappa shape index (κ3) is 5.20. The number of anilines is 1. The highest BCUT2D eigenvalue weighted by Gasteiger charge is 2.09. The molecular formula is C23H21N5O4. The van der Waals surface area contributed by atoms with Crippen molar-refractivity contribution in [2.24, 2.45) is 0 Å². The molecule has 1 amide bonds. The number of nitrogens with zero attached hydrogens (tertiary/aromatic N) is 4. The minimum atomic E-state index is -0.292. The Kier molecular flexibility index (Phi) is 6.26. The SMILES string of the molecule is COc1ccccc1OCC(=O)Nc1ccc(Oc2cc(-n3cccn3)nc(C)n2)cc1. The van der Waals surface area contributed by atoms with Gasteiger partial charge < -0.3 is 19.5 Å². The van der Waals surface area contributed by atoms with Crippen molar-refractivity contribution in [3.63, 3.8) is 0 Å². The number of aryl methyl sites for hydroxylation is 1. The van der Waals surface area contributed by atoms with Crippen molar-refractivity contribution in [3.05, 3.63) is 78.9 Å². The number of carbonyl (C=O) groups excluding carboxylic acids is 1. The molecule has 0 atom stereocenters. The third-order valence-corrected chi connectivity index (χ3v) is 4.33. The topological polar surface area (TPSA) is 100 Å². The van der Waals surface area contributed by atoms with Crippen LogP contribution in [0.5, 0.6) is 23.1 Å². The summed E-state index contributed by atoms with van der Waals surface area (Å²) in [5, 5.41) is 6.95. The summed E-state index contributed by atoms with van der Waals surface area (Å²) in [6.07, 6.45) is 3.47. The number of hydrogen-bond donors (Lipinski definition) is 1. The van der Waals surface area contributed by atoms with E-state index in [9.17, 15) is 4.79 Å². The van der Waals surface area contributed by atoms with Crippen LogP contribution in [-0.4, -0.2) is 39.4 Å². The highest BCUT2D eigenvalue weighted by atomic mass is 16.5. The Balaban J connectivity index is 1.36. The summed E-state index contributed by atoms with van der Waals surface area (Å²) in [6, 6.07) is 17.6. The van der Waals surface area contributed by atoms with E-state index in [1.165, 1.54) is 0 Å². The Morgan fingerprint density at radius 2 is 1.81 bits per heavy atom. The molecule has 2 aromatic heterocycles. The van der Waals surface area contributed by atoms with Crippen LogP contribution in [0.1, 0.15) is 5.82 Å². The summed E-state index contributed by atoms with van der Waals surface area (Å²) >= 11 is 0. The van der Waals surface area contributed by atoms with Gasteiger partial charge in [0.2, 0.25) is 5.88 Å². The summed E-state index contributed by atoms with van der Waals surface area (Å²) in [5.74, 6) is 2.91. The average molecular weight is 431 g/mol. The maximum Gasteiger partial charge on any atom is 0.262 e. The van der Waals surface area contributed by atoms with E-state index in [0.717, 1.165) is 0 Å². The number of amides is 1. The van der Waals surface area contributed by atoms with Crippen molar-refractivity contribution < 1.29 is 19.0 Å². The molecule has 0 aliphatic rings. The zero-order valence-electron chi connectivity index (χ0n) is 17.6. The van der Waals surface area contributed by atoms with Gasteiger partial charge in [-0.25, -0.2) is 9.67 Å². The lowest BCUT2D eigenvalue weighted by atomic mass is 10.3. The van der Waals surface area contributed by atoms with Gasteiger partial charge in [-0.3, -0.25) is 4.79 Å². The van der Waals surface area contributed by atoms with Gasteiger partial charge >= 0.3 is 0 Å². The maximum absolute atomic E-state index is 12.2. The van der Waals surface area contributed by atoms with E-state index in [1.807, 2.05) is 18.2 Å². The number of ether oxygens (including phenoxy) is 3. The molecule has 0 radical (unpaired) electrons. The fraction of sp³-hybridized carbons (Fsp3) is 0.130. The predicted octanol–water partition coefficient (Wildman–Crippen LogP) is 3.79. The molecule has 32 heavy (non-hydrogen) atoms. The number of para-hydroxylation sites is 2. The molecule has 0 fully saturated rings. The summed E-state index contributed by atoms with van der Waals surface area (Å²) in [7, 11) is 1.55. The van der Waals surface area contributed by atoms with Crippen molar-refractivity contribution in [2.45, 2.75) is 6.92 Å². The first kappa shape index (κ1) is 20.9. The van der Waals surface area contributed by atoms with Crippen LogP contribution in [0.3, 0.4) is 0 Å². The molecule has 0 spiro atoms. The minimum Gasteiger partial charge on any atom is -0.493 e. The van der Waals surface area contributed by atoms with Crippen LogP contribution in [0.2, 0.25) is 0 Å². The van der Waals surface area contributed by atoms with Gasteiger partial charge in [0.25, 0.3) is 5.91 Å². The van der Waals surface area contributed by atoms with Gasteiger partial charge in [0.15, 0.2) is 23.9 Å². The standard InChI is InChI=1S/C23H21N5O4/c1-16-25-21(28-13-5-12-24-28)14-23(26-16)32-18-10-8-17(9-11-18)27-22(29)15-31-20-7-4-3-6-19(20)30-2/h3-14H,15H2,1-2H3,(H,27,29). The van der Waals surface area contributed by atoms with Gasteiger partial charge in [-0.1, -0.05) is 12.1 Å². The highest BCUT2D eigenvalue weighted by Crippen LogP contribution is 2.26. The molecule has 9 nitrogen and oxygen atoms in total. The number of carbonyl (C=O) groups is 1. The zero-order valence-corrected chi connectivity index (χ0v) is 17.6. The summed E-state index contributed by atoms with van der Waals surface area (Å²) in [5.41, 5.74) is 0.613. The van der Waals surface area contributed by atoms with Crippen LogP contribution in [0.25, 0.3) is 5.82 Å². The molecule has 9 heteroatoms. The summed E-state index contributed by atoms with van der Waals surface area (Å²) in [6.45, 7) is 1.64. The largest absolute Gasteiger partial charge is 0.493 e. The monoisotopic (exact) mass is 431 g/mol. The van der Waals surface area contributed by atoms with E-state index in [1.54, 1.807) is 73.6 Å². The molecule has 0 aliphatic carbocycles. The van der Waals surface area contributed by atoms with Crippen molar-refractivity contribution in [1.82, 2.24) is 19.7 Å². The number of nitrogens with one attached hydrogen (secondary N) is 1. The molecule has 2 aromatic carbocycles. The van der Waals surface area contributed by atoms with E-state index in [2.05, 4.69) is 20.4 Å². The lowest BCUT2D eigenvalue weighted by molar-refractivity contribution is -0.118. The fourth-order valence-electron chi connectivity index (χ4n) is 2.90. The molecule has 0 bridgehead atoms. The maximum atomic E-state index is 12.2. The lowest BCUT2D eigenvalue weighted by Crippen LogP contribution is -2.20. The Labute approximate surface area is 184 Å². The van der Waals surface area contributed by atoms with Gasteiger partial charge in [-0.05, 0) is 49.4 Å². The van der Waals surface area contributed by atoms with Crippen molar-refractivity contribution in [3.8, 4) is 28.9 Å². The zero-order chi connectivity index (χ0) is 22.3. The van der Waals surface area contributed by atoms with E-state index in [-0.39, 0.29) is 12.5 Å². The van der Waals surface area contributed by atoms with Crippen LogP contribution >= 0.6 is 0 Å². The second-order valence-electron chi connectivity index (χ2n) is 6.68. The van der Waals surface area contributed by atoms with Gasteiger partial charge in [0.1, 0.15) is 11.6 Å². The van der Waals surface area contributed by atoms with Crippen molar-refractivity contribution in [1.29, 1.82) is 0 Å². The quantitative estimate of drug-likeness (QED) is 0.453. The van der Waals surface area contributed by atoms with Gasteiger partial charge in [0, 0.05) is 24.1 Å². The van der Waals surface area contributed by atoms with E-state index in [0.29, 0.717) is 40.5 Å². The van der Waals surface area contributed by atoms with Gasteiger partial charge in [0.05, 0.1) is 7.11 Å². The molecule has 1 N–H and O–H groups in total. The summed E-state index contributed by atoms with van der Waals surface area (Å²) < 4.78 is 18.2. The first-order valence-corrected chi connectivity index (χ1v) is 9.80. The normalized spacial score (nSPS) is 10.4. The van der Waals surface area contributed by atoms with Crippen LogP contribution < -0.4 is 19.5 Å². The first-order valence-electron chi connectivity index (χ1n) is 9.80. The van der Waals surface area contributed by atoms with Crippen LogP contribution in [0.4, 0.5) is 5.69 Å². The smallest absolute Gasteiger partial charge is 0.262 e. The predicted molar refractivity (Wildman–Crippen MR) is 118 cm³/mol. The Morgan fingerprint density at radius 1 is 1.03 bits per heavy atom. The van der Waals surface area contributed by atoms with E-state index < -0.39 is 0 Å². The third-order valence-electron chi connectivity index (χ3n) is 4.33. The van der Waals surface area contributed by atoms with Gasteiger partial charge in [-0.2, -0.15) is 10.1 Å². The molecule has 0 saturated heterocycles. The Morgan fingerprint density at radius 3 is 2.53 bits per heavy atom. The minimum absolute atomic E-state index is 0.144. The second kappa shape index (κ2) is 9.61. The number of hydrogen-bond acceptors (Lipinski definition) is 7. The Hall–Kier alpha value is -4.40. The molecule has 0 unspecified atom stereocenters. The number of methoxy groups -OCH3 is 1. The second-order valence-corrected chi connectivity index (χ2v) is 6.68. The van der Waals surface area contributed by atoms with Gasteiger partial charge in [-0.15, -0.1) is 0 Å². The fourth-order valence-corrected chi connectivity index (χ4v) is 2.90. The van der Waals surface area contributed by atoms with E-state index in [4.69, 9.17) is 14.2 Å². The molecule has 2 heterocycles. The number of aromatic nitrogens is 4. The van der Waals surface area contributed by atoms with E-state index >= 15 is 0 Å². The molecule has 0 saturated carbocycles. The molecule has 4 rings (SSSR count). The van der Waals surface area contributed by atoms with Crippen LogP contribution in [0.15, 0.2) is 73.1 Å². The molecule has 0 aliphatic heterocycles. The number of benzene rings is 2. The number of rotatable bonds is 8. The van der Waals surface area contributed by atoms with Crippen molar-refractivity contribution >= 4 is 11.6 Å². The molecule has 4 aromatic rings. The molecule has 162 valence electrons. The Bertz CT molecular complexity index is 1190. The average Bonchev–Trinajstić information content (AvgIpc) is 3.34. The lowest BCUT2D eigenvalue weighted by Gasteiger charge is -2.11.